The maximum Gasteiger partial charge on any atom is 0.332 e. The molecule has 8 nitrogen and oxygen atoms in total. The van der Waals surface area contributed by atoms with Gasteiger partial charge in [-0.05, 0) is 19.8 Å². The maximum absolute atomic E-state index is 12.3. The lowest BCUT2D eigenvalue weighted by Crippen LogP contribution is -2.59. The van der Waals surface area contributed by atoms with Gasteiger partial charge in [0.25, 0.3) is 0 Å². The Morgan fingerprint density at radius 1 is 1.43 bits per heavy atom. The van der Waals surface area contributed by atoms with Crippen LogP contribution in [0.1, 0.15) is 26.2 Å². The van der Waals surface area contributed by atoms with E-state index in [9.17, 15) is 19.5 Å². The van der Waals surface area contributed by atoms with E-state index in [1.807, 2.05) is 0 Å². The van der Waals surface area contributed by atoms with E-state index in [1.165, 1.54) is 4.90 Å². The number of ether oxygens (including phenoxy) is 2. The van der Waals surface area contributed by atoms with Crippen molar-refractivity contribution in [2.75, 3.05) is 26.4 Å². The lowest BCUT2D eigenvalue weighted by Gasteiger charge is -2.29. The normalized spacial score (nSPS) is 24.4. The van der Waals surface area contributed by atoms with Gasteiger partial charge in [-0.1, -0.05) is 0 Å². The molecule has 2 fully saturated rings. The number of hydrogen-bond acceptors (Lipinski definition) is 5. The molecule has 0 bridgehead atoms. The zero-order valence-electron chi connectivity index (χ0n) is 12.0. The Labute approximate surface area is 122 Å². The summed E-state index contributed by atoms with van der Waals surface area (Å²) in [7, 11) is 0. The number of carboxylic acid groups (broad SMARTS) is 1. The second-order valence-corrected chi connectivity index (χ2v) is 5.28. The number of carboxylic acids is 1. The quantitative estimate of drug-likeness (QED) is 0.667. The molecule has 21 heavy (non-hydrogen) atoms. The van der Waals surface area contributed by atoms with Crippen LogP contribution in [0.5, 0.6) is 0 Å². The minimum absolute atomic E-state index is 0.0254. The Bertz CT molecular complexity index is 428. The summed E-state index contributed by atoms with van der Waals surface area (Å²) in [5.41, 5.74) is -1.40. The van der Waals surface area contributed by atoms with Crippen molar-refractivity contribution >= 4 is 18.0 Å². The molecule has 8 heteroatoms. The molecule has 1 unspecified atom stereocenters. The standard InChI is InChI=1S/C13H20N2O6/c1-2-21-10(16)7-15(9-3-4-9)12(19)14-13(11(17)18)5-6-20-8-13/h9H,2-8H2,1H3,(H,14,19)(H,17,18). The number of urea groups is 1. The number of aliphatic carboxylic acids is 1. The average Bonchev–Trinajstić information content (AvgIpc) is 3.15. The van der Waals surface area contributed by atoms with Crippen molar-refractivity contribution in [1.29, 1.82) is 0 Å². The van der Waals surface area contributed by atoms with Crippen LogP contribution in [0.25, 0.3) is 0 Å². The first kappa shape index (κ1) is 15.6. The summed E-state index contributed by atoms with van der Waals surface area (Å²) in [6.07, 6.45) is 1.83. The van der Waals surface area contributed by atoms with E-state index in [0.29, 0.717) is 0 Å². The number of carbonyl (C=O) groups is 3. The van der Waals surface area contributed by atoms with E-state index in [-0.39, 0.29) is 38.8 Å². The summed E-state index contributed by atoms with van der Waals surface area (Å²) >= 11 is 0. The Morgan fingerprint density at radius 3 is 2.62 bits per heavy atom. The number of carbonyl (C=O) groups excluding carboxylic acids is 2. The van der Waals surface area contributed by atoms with Gasteiger partial charge in [0, 0.05) is 19.1 Å². The molecule has 2 rings (SSSR count). The Balaban J connectivity index is 2.01. The Hall–Kier alpha value is -1.83. The zero-order chi connectivity index (χ0) is 15.5. The van der Waals surface area contributed by atoms with Gasteiger partial charge in [0.15, 0.2) is 5.54 Å². The highest BCUT2D eigenvalue weighted by Gasteiger charge is 2.46. The number of nitrogens with zero attached hydrogens (tertiary/aromatic N) is 1. The van der Waals surface area contributed by atoms with E-state index in [2.05, 4.69) is 5.32 Å². The highest BCUT2D eigenvalue weighted by atomic mass is 16.5. The third-order valence-corrected chi connectivity index (χ3v) is 3.63. The molecule has 1 aliphatic carbocycles. The molecular weight excluding hydrogens is 280 g/mol. The van der Waals surface area contributed by atoms with Crippen molar-refractivity contribution in [1.82, 2.24) is 10.2 Å². The number of hydrogen-bond donors (Lipinski definition) is 2. The predicted octanol–water partition coefficient (Wildman–Crippen LogP) is -0.0328. The summed E-state index contributed by atoms with van der Waals surface area (Å²) in [4.78, 5) is 36.6. The highest BCUT2D eigenvalue weighted by molar-refractivity contribution is 5.88. The molecule has 1 saturated heterocycles. The highest BCUT2D eigenvalue weighted by Crippen LogP contribution is 2.28. The molecule has 0 aromatic carbocycles. The third-order valence-electron chi connectivity index (χ3n) is 3.63. The van der Waals surface area contributed by atoms with Crippen molar-refractivity contribution < 1.29 is 29.0 Å². The van der Waals surface area contributed by atoms with Crippen LogP contribution < -0.4 is 5.32 Å². The lowest BCUT2D eigenvalue weighted by molar-refractivity contribution is -0.144. The predicted molar refractivity (Wildman–Crippen MR) is 70.7 cm³/mol. The molecule has 1 heterocycles. The Morgan fingerprint density at radius 2 is 2.14 bits per heavy atom. The van der Waals surface area contributed by atoms with Gasteiger partial charge in [-0.25, -0.2) is 9.59 Å². The first-order valence-corrected chi connectivity index (χ1v) is 7.04. The van der Waals surface area contributed by atoms with Crippen LogP contribution in [0.3, 0.4) is 0 Å². The molecule has 2 N–H and O–H groups in total. The van der Waals surface area contributed by atoms with Crippen molar-refractivity contribution in [2.24, 2.45) is 0 Å². The van der Waals surface area contributed by atoms with Crippen LogP contribution in [-0.2, 0) is 19.1 Å². The van der Waals surface area contributed by atoms with Gasteiger partial charge >= 0.3 is 18.0 Å². The largest absolute Gasteiger partial charge is 0.479 e. The van der Waals surface area contributed by atoms with Gasteiger partial charge in [-0.15, -0.1) is 0 Å². The summed E-state index contributed by atoms with van der Waals surface area (Å²) in [6, 6.07) is -0.582. The topological polar surface area (TPSA) is 105 Å². The van der Waals surface area contributed by atoms with E-state index in [4.69, 9.17) is 9.47 Å². The SMILES string of the molecule is CCOC(=O)CN(C(=O)NC1(C(=O)O)CCOC1)C1CC1. The van der Waals surface area contributed by atoms with Crippen LogP contribution in [-0.4, -0.2) is 65.9 Å². The fraction of sp³-hybridized carbons (Fsp3) is 0.769. The van der Waals surface area contributed by atoms with Crippen molar-refractivity contribution in [3.63, 3.8) is 0 Å². The maximum atomic E-state index is 12.3. The minimum atomic E-state index is -1.40. The van der Waals surface area contributed by atoms with Gasteiger partial charge < -0.3 is 24.8 Å². The van der Waals surface area contributed by atoms with Gasteiger partial charge in [-0.3, -0.25) is 4.79 Å². The summed E-state index contributed by atoms with van der Waals surface area (Å²) in [5, 5.41) is 11.8. The molecule has 1 saturated carbocycles. The van der Waals surface area contributed by atoms with Crippen LogP contribution in [0.2, 0.25) is 0 Å². The van der Waals surface area contributed by atoms with Crippen molar-refractivity contribution in [3.05, 3.63) is 0 Å². The smallest absolute Gasteiger partial charge is 0.332 e. The molecule has 118 valence electrons. The number of amides is 2. The van der Waals surface area contributed by atoms with Crippen molar-refractivity contribution in [3.8, 4) is 0 Å². The second kappa shape index (κ2) is 6.30. The fourth-order valence-electron chi connectivity index (χ4n) is 2.26. The molecule has 0 aromatic heterocycles. The molecule has 0 aromatic rings. The lowest BCUT2D eigenvalue weighted by atomic mass is 9.99. The van der Waals surface area contributed by atoms with E-state index >= 15 is 0 Å². The van der Waals surface area contributed by atoms with E-state index in [0.717, 1.165) is 12.8 Å². The second-order valence-electron chi connectivity index (χ2n) is 5.28. The first-order valence-electron chi connectivity index (χ1n) is 7.04. The number of rotatable bonds is 6. The van der Waals surface area contributed by atoms with Gasteiger partial charge in [0.1, 0.15) is 6.54 Å². The van der Waals surface area contributed by atoms with E-state index < -0.39 is 23.5 Å². The molecule has 0 spiro atoms. The van der Waals surface area contributed by atoms with Crippen LogP contribution in [0.15, 0.2) is 0 Å². The first-order chi connectivity index (χ1) is 9.98. The summed E-state index contributed by atoms with van der Waals surface area (Å²) < 4.78 is 9.93. The average molecular weight is 300 g/mol. The molecule has 1 atom stereocenters. The van der Waals surface area contributed by atoms with Crippen LogP contribution >= 0.6 is 0 Å². The van der Waals surface area contributed by atoms with E-state index in [1.54, 1.807) is 6.92 Å². The van der Waals surface area contributed by atoms with Crippen LogP contribution in [0.4, 0.5) is 4.79 Å². The third kappa shape index (κ3) is 3.63. The summed E-state index contributed by atoms with van der Waals surface area (Å²) in [5.74, 6) is -1.62. The van der Waals surface area contributed by atoms with Gasteiger partial charge in [-0.2, -0.15) is 0 Å². The van der Waals surface area contributed by atoms with Crippen LogP contribution in [0, 0.1) is 0 Å². The minimum Gasteiger partial charge on any atom is -0.479 e. The Kier molecular flexibility index (Phi) is 4.66. The van der Waals surface area contributed by atoms with Gasteiger partial charge in [0.2, 0.25) is 0 Å². The summed E-state index contributed by atoms with van der Waals surface area (Å²) in [6.45, 7) is 1.99. The molecule has 2 aliphatic rings. The molecular formula is C13H20N2O6. The zero-order valence-corrected chi connectivity index (χ0v) is 12.0. The van der Waals surface area contributed by atoms with Crippen molar-refractivity contribution in [2.45, 2.75) is 37.8 Å². The number of nitrogens with one attached hydrogen (secondary N) is 1. The molecule has 1 aliphatic heterocycles. The fourth-order valence-corrected chi connectivity index (χ4v) is 2.26. The monoisotopic (exact) mass is 300 g/mol. The number of esters is 1. The van der Waals surface area contributed by atoms with Gasteiger partial charge in [0.05, 0.1) is 13.2 Å². The molecule has 2 amide bonds. The molecule has 0 radical (unpaired) electrons.